The van der Waals surface area contributed by atoms with Crippen molar-refractivity contribution < 1.29 is 9.53 Å². The van der Waals surface area contributed by atoms with Gasteiger partial charge in [-0.1, -0.05) is 0 Å². The Bertz CT molecular complexity index is 575. The van der Waals surface area contributed by atoms with Gasteiger partial charge in [0.2, 0.25) is 5.82 Å². The van der Waals surface area contributed by atoms with Gasteiger partial charge in [0, 0.05) is 11.6 Å². The fraction of sp³-hybridized carbons (Fsp3) is 0.500. The Morgan fingerprint density at radius 1 is 1.47 bits per heavy atom. The molecule has 0 unspecified atom stereocenters. The van der Waals surface area contributed by atoms with E-state index in [1.165, 1.54) is 11.3 Å². The Labute approximate surface area is 115 Å². The molecule has 0 aliphatic carbocycles. The van der Waals surface area contributed by atoms with Crippen LogP contribution in [0.4, 0.5) is 0 Å². The summed E-state index contributed by atoms with van der Waals surface area (Å²) in [4.78, 5) is 16.3. The second-order valence-electron chi connectivity index (χ2n) is 4.52. The Balaban J connectivity index is 2.50. The molecule has 0 amide bonds. The fourth-order valence-corrected chi connectivity index (χ4v) is 2.73. The number of hydrogen-bond donors (Lipinski definition) is 0. The third-order valence-corrected chi connectivity index (χ3v) is 3.88. The number of rotatable bonds is 4. The van der Waals surface area contributed by atoms with Crippen LogP contribution in [0.1, 0.15) is 42.2 Å². The van der Waals surface area contributed by atoms with Crippen LogP contribution in [-0.2, 0) is 10.3 Å². The van der Waals surface area contributed by atoms with Crippen molar-refractivity contribution in [2.75, 3.05) is 6.61 Å². The van der Waals surface area contributed by atoms with Crippen molar-refractivity contribution in [2.24, 2.45) is 0 Å². The molecule has 0 aromatic carbocycles. The number of ether oxygens (including phenoxy) is 1. The number of hydrogen-bond acceptors (Lipinski definition) is 6. The molecular weight excluding hydrogens is 264 g/mol. The lowest BCUT2D eigenvalue weighted by atomic mass is 10.1. The highest BCUT2D eigenvalue weighted by Crippen LogP contribution is 2.29. The van der Waals surface area contributed by atoms with Crippen molar-refractivity contribution >= 4 is 17.3 Å². The maximum atomic E-state index is 11.9. The smallest absolute Gasteiger partial charge is 0.376 e. The minimum absolute atomic E-state index is 0.208. The van der Waals surface area contributed by atoms with Gasteiger partial charge in [-0.2, -0.15) is 0 Å². The molecule has 0 bridgehead atoms. The highest BCUT2D eigenvalue weighted by atomic mass is 32.1. The van der Waals surface area contributed by atoms with Crippen LogP contribution in [0.5, 0.6) is 0 Å². The van der Waals surface area contributed by atoms with Crippen molar-refractivity contribution in [3.8, 4) is 0 Å². The van der Waals surface area contributed by atoms with Gasteiger partial charge in [0.1, 0.15) is 10.8 Å². The maximum Gasteiger partial charge on any atom is 0.376 e. The van der Waals surface area contributed by atoms with Crippen LogP contribution in [0, 0.1) is 6.92 Å². The normalized spacial score (nSPS) is 11.6. The Morgan fingerprint density at radius 2 is 2.21 bits per heavy atom. The van der Waals surface area contributed by atoms with E-state index in [9.17, 15) is 4.79 Å². The van der Waals surface area contributed by atoms with E-state index in [0.717, 1.165) is 5.01 Å². The second kappa shape index (κ2) is 5.08. The fourth-order valence-electron chi connectivity index (χ4n) is 1.98. The summed E-state index contributed by atoms with van der Waals surface area (Å²) in [5, 5.41) is 10.7. The third-order valence-electron chi connectivity index (χ3n) is 2.80. The lowest BCUT2D eigenvalue weighted by Gasteiger charge is -2.26. The molecular formula is C12H16N4O2S. The molecule has 2 heterocycles. The number of aryl methyl sites for hydroxylation is 1. The van der Waals surface area contributed by atoms with Crippen molar-refractivity contribution in [1.29, 1.82) is 0 Å². The molecule has 0 fully saturated rings. The zero-order valence-electron chi connectivity index (χ0n) is 11.4. The minimum atomic E-state index is -0.496. The van der Waals surface area contributed by atoms with Gasteiger partial charge in [0.15, 0.2) is 0 Å². The Kier molecular flexibility index (Phi) is 3.66. The van der Waals surface area contributed by atoms with Gasteiger partial charge < -0.3 is 4.74 Å². The summed E-state index contributed by atoms with van der Waals surface area (Å²) < 4.78 is 6.78. The molecule has 2 aromatic heterocycles. The van der Waals surface area contributed by atoms with Crippen molar-refractivity contribution in [3.63, 3.8) is 0 Å². The molecule has 0 aliphatic rings. The molecule has 2 rings (SSSR count). The highest BCUT2D eigenvalue weighted by Gasteiger charge is 2.33. The van der Waals surface area contributed by atoms with Crippen LogP contribution in [0.15, 0.2) is 11.6 Å². The molecule has 6 nitrogen and oxygen atoms in total. The molecule has 0 saturated carbocycles. The van der Waals surface area contributed by atoms with Crippen molar-refractivity contribution in [1.82, 2.24) is 19.7 Å². The second-order valence-corrected chi connectivity index (χ2v) is 5.42. The number of aromatic nitrogens is 4. The first-order valence-corrected chi connectivity index (χ1v) is 6.86. The lowest BCUT2D eigenvalue weighted by Crippen LogP contribution is -2.32. The summed E-state index contributed by atoms with van der Waals surface area (Å²) in [6.07, 6.45) is 1.74. The van der Waals surface area contributed by atoms with Crippen LogP contribution < -0.4 is 0 Å². The molecule has 102 valence electrons. The first kappa shape index (κ1) is 13.7. The van der Waals surface area contributed by atoms with E-state index >= 15 is 0 Å². The van der Waals surface area contributed by atoms with E-state index in [2.05, 4.69) is 15.2 Å². The highest BCUT2D eigenvalue weighted by molar-refractivity contribution is 7.09. The maximum absolute atomic E-state index is 11.9. The predicted octanol–water partition coefficient (Wildman–Crippen LogP) is 2.00. The summed E-state index contributed by atoms with van der Waals surface area (Å²) >= 11 is 1.53. The molecule has 0 radical (unpaired) electrons. The first-order chi connectivity index (χ1) is 8.98. The zero-order valence-corrected chi connectivity index (χ0v) is 12.2. The number of thiazole rings is 1. The third kappa shape index (κ3) is 2.37. The van der Waals surface area contributed by atoms with E-state index in [-0.39, 0.29) is 5.82 Å². The van der Waals surface area contributed by atoms with Crippen LogP contribution in [0.3, 0.4) is 0 Å². The molecule has 0 N–H and O–H groups in total. The van der Waals surface area contributed by atoms with E-state index < -0.39 is 11.5 Å². The van der Waals surface area contributed by atoms with E-state index in [4.69, 9.17) is 4.74 Å². The largest absolute Gasteiger partial charge is 0.460 e. The number of esters is 1. The van der Waals surface area contributed by atoms with E-state index in [0.29, 0.717) is 12.4 Å². The molecule has 2 aromatic rings. The van der Waals surface area contributed by atoms with E-state index in [1.807, 2.05) is 26.2 Å². The molecule has 0 atom stereocenters. The van der Waals surface area contributed by atoms with Gasteiger partial charge in [-0.15, -0.1) is 21.5 Å². The topological polar surface area (TPSA) is 69.9 Å². The van der Waals surface area contributed by atoms with Gasteiger partial charge in [-0.25, -0.2) is 9.78 Å². The van der Waals surface area contributed by atoms with Gasteiger partial charge in [-0.05, 0) is 27.7 Å². The molecule has 0 spiro atoms. The quantitative estimate of drug-likeness (QED) is 0.801. The molecule has 19 heavy (non-hydrogen) atoms. The number of carbonyl (C=O) groups excluding carboxylic acids is 1. The summed E-state index contributed by atoms with van der Waals surface area (Å²) in [5.74, 6) is 0.399. The van der Waals surface area contributed by atoms with Gasteiger partial charge in [0.05, 0.1) is 12.1 Å². The van der Waals surface area contributed by atoms with Crippen LogP contribution >= 0.6 is 11.3 Å². The summed E-state index contributed by atoms with van der Waals surface area (Å²) in [5.41, 5.74) is -0.496. The van der Waals surface area contributed by atoms with Crippen LogP contribution in [0.25, 0.3) is 0 Å². The molecule has 0 aliphatic heterocycles. The summed E-state index contributed by atoms with van der Waals surface area (Å²) in [6.45, 7) is 7.83. The molecule has 7 heteroatoms. The summed E-state index contributed by atoms with van der Waals surface area (Å²) in [7, 11) is 0. The first-order valence-electron chi connectivity index (χ1n) is 5.98. The van der Waals surface area contributed by atoms with Crippen molar-refractivity contribution in [3.05, 3.63) is 28.2 Å². The van der Waals surface area contributed by atoms with Gasteiger partial charge in [0.25, 0.3) is 0 Å². The van der Waals surface area contributed by atoms with Gasteiger partial charge >= 0.3 is 5.97 Å². The van der Waals surface area contributed by atoms with E-state index in [1.54, 1.807) is 17.7 Å². The number of carbonyl (C=O) groups is 1. The summed E-state index contributed by atoms with van der Waals surface area (Å²) in [6, 6.07) is 0. The lowest BCUT2D eigenvalue weighted by molar-refractivity contribution is 0.0499. The Hall–Kier alpha value is -1.76. The van der Waals surface area contributed by atoms with Crippen molar-refractivity contribution in [2.45, 2.75) is 33.2 Å². The molecule has 0 saturated heterocycles. The Morgan fingerprint density at radius 3 is 2.79 bits per heavy atom. The van der Waals surface area contributed by atoms with Gasteiger partial charge in [-0.3, -0.25) is 4.57 Å². The number of nitrogens with zero attached hydrogens (tertiary/aromatic N) is 4. The minimum Gasteiger partial charge on any atom is -0.460 e. The average molecular weight is 280 g/mol. The monoisotopic (exact) mass is 280 g/mol. The SMILES string of the molecule is CCOC(=O)c1nnc(C)n1C(C)(C)c1nccs1. The standard InChI is InChI=1S/C12H16N4O2S/c1-5-18-10(17)9-15-14-8(2)16(9)12(3,4)11-13-6-7-19-11/h6-7H,5H2,1-4H3. The average Bonchev–Trinajstić information content (AvgIpc) is 2.97. The zero-order chi connectivity index (χ0) is 14.0. The van der Waals surface area contributed by atoms with Crippen LogP contribution in [0.2, 0.25) is 0 Å². The van der Waals surface area contributed by atoms with Crippen LogP contribution in [-0.4, -0.2) is 32.3 Å². The predicted molar refractivity (Wildman–Crippen MR) is 71.3 cm³/mol.